The summed E-state index contributed by atoms with van der Waals surface area (Å²) in [6.07, 6.45) is 8.43. The molecule has 5 rings (SSSR count). The Balaban J connectivity index is 1.51. The molecule has 0 unspecified atom stereocenters. The van der Waals surface area contributed by atoms with Crippen LogP contribution in [-0.2, 0) is 10.0 Å². The lowest BCUT2D eigenvalue weighted by molar-refractivity contribution is 0.102. The summed E-state index contributed by atoms with van der Waals surface area (Å²) in [5.41, 5.74) is 1.95. The fourth-order valence-electron chi connectivity index (χ4n) is 5.36. The van der Waals surface area contributed by atoms with Gasteiger partial charge in [0.1, 0.15) is 5.82 Å². The smallest absolute Gasteiger partial charge is 0.258 e. The molecule has 188 valence electrons. The number of fused-ring (bicyclic) bond motifs is 7. The number of hydrogen-bond donors (Lipinski definition) is 4. The van der Waals surface area contributed by atoms with Crippen LogP contribution >= 0.6 is 0 Å². The maximum Gasteiger partial charge on any atom is 0.258 e. The zero-order valence-corrected chi connectivity index (χ0v) is 20.5. The maximum atomic E-state index is 13.4. The van der Waals surface area contributed by atoms with Gasteiger partial charge in [-0.15, -0.1) is 0 Å². The first-order valence-corrected chi connectivity index (χ1v) is 13.9. The molecule has 35 heavy (non-hydrogen) atoms. The molecule has 3 aliphatic rings. The van der Waals surface area contributed by atoms with E-state index in [0.29, 0.717) is 40.0 Å². The fourth-order valence-corrected chi connectivity index (χ4v) is 6.19. The highest BCUT2D eigenvalue weighted by molar-refractivity contribution is 7.92. The van der Waals surface area contributed by atoms with Gasteiger partial charge in [0.25, 0.3) is 5.91 Å². The highest BCUT2D eigenvalue weighted by atomic mass is 32.2. The monoisotopic (exact) mass is 500 g/mol. The van der Waals surface area contributed by atoms with Gasteiger partial charge in [0.2, 0.25) is 16.0 Å². The van der Waals surface area contributed by atoms with E-state index in [9.17, 15) is 13.2 Å². The summed E-state index contributed by atoms with van der Waals surface area (Å²) in [7, 11) is -3.69. The molecule has 4 N–H and O–H groups in total. The number of aliphatic hydroxyl groups is 1. The van der Waals surface area contributed by atoms with Crippen molar-refractivity contribution in [2.75, 3.05) is 52.2 Å². The van der Waals surface area contributed by atoms with Crippen LogP contribution < -0.4 is 20.3 Å². The minimum Gasteiger partial charge on any atom is -0.395 e. The standard InChI is InChI=1S/C24H32N6O4S/c31-13-14-35(33,34)29-18-4-5-19-20(15-18)30-12-9-24(7-8-24)17(16-30)3-1-2-10-25-23-26-11-6-21(28-23)27-22(19)32/h4-6,11,15,17,29,31H,1-3,7-10,12-14,16H2,(H2,25,26,27,28,32)/t17-/m0/s1. The number of piperidine rings is 1. The van der Waals surface area contributed by atoms with E-state index in [0.717, 1.165) is 45.3 Å². The van der Waals surface area contributed by atoms with Crippen LogP contribution in [0.4, 0.5) is 23.1 Å². The van der Waals surface area contributed by atoms with Gasteiger partial charge >= 0.3 is 0 Å². The number of nitrogens with zero attached hydrogens (tertiary/aromatic N) is 3. The minimum absolute atomic E-state index is 0.312. The van der Waals surface area contributed by atoms with Crippen molar-refractivity contribution >= 4 is 39.1 Å². The number of carbonyl (C=O) groups excluding carboxylic acids is 1. The highest BCUT2D eigenvalue weighted by Gasteiger charge is 2.51. The second-order valence-corrected chi connectivity index (χ2v) is 11.6. The number of amides is 1. The van der Waals surface area contributed by atoms with Crippen molar-refractivity contribution in [3.63, 3.8) is 0 Å². The Hall–Kier alpha value is -2.92. The molecule has 4 bridgehead atoms. The molecule has 2 aliphatic heterocycles. The molecule has 10 nitrogen and oxygen atoms in total. The van der Waals surface area contributed by atoms with Crippen molar-refractivity contribution < 1.29 is 18.3 Å². The molecule has 1 saturated heterocycles. The molecule has 1 atom stereocenters. The van der Waals surface area contributed by atoms with E-state index < -0.39 is 16.6 Å². The van der Waals surface area contributed by atoms with Crippen LogP contribution in [-0.4, -0.2) is 61.4 Å². The molecule has 0 radical (unpaired) electrons. The number of rotatable bonds is 4. The molecular weight excluding hydrogens is 468 g/mol. The van der Waals surface area contributed by atoms with Crippen LogP contribution in [0.2, 0.25) is 0 Å². The number of nitrogens with one attached hydrogen (secondary N) is 3. The normalized spacial score (nSPS) is 21.7. The molecule has 1 amide bonds. The number of benzene rings is 1. The van der Waals surface area contributed by atoms with Crippen LogP contribution in [0.15, 0.2) is 30.5 Å². The van der Waals surface area contributed by atoms with Crippen molar-refractivity contribution in [3.05, 3.63) is 36.0 Å². The SMILES string of the molecule is O=C1Nc2ccnc(n2)NCCCC[C@H]2CN(CCC23CC3)c2cc(NS(=O)(=O)CCO)ccc21. The lowest BCUT2D eigenvalue weighted by Gasteiger charge is -2.41. The molecule has 1 aromatic carbocycles. The fraction of sp³-hybridized carbons (Fsp3) is 0.542. The summed E-state index contributed by atoms with van der Waals surface area (Å²) < 4.78 is 27.1. The Morgan fingerprint density at radius 3 is 2.86 bits per heavy atom. The second-order valence-electron chi connectivity index (χ2n) is 9.77. The first-order chi connectivity index (χ1) is 16.9. The van der Waals surface area contributed by atoms with Gasteiger partial charge in [-0.3, -0.25) is 9.52 Å². The van der Waals surface area contributed by atoms with E-state index >= 15 is 0 Å². The van der Waals surface area contributed by atoms with E-state index in [1.807, 2.05) is 0 Å². The summed E-state index contributed by atoms with van der Waals surface area (Å²) in [6, 6.07) is 6.61. The molecule has 1 aromatic heterocycles. The van der Waals surface area contributed by atoms with Gasteiger partial charge in [-0.05, 0) is 67.7 Å². The van der Waals surface area contributed by atoms with Gasteiger partial charge in [-0.2, -0.15) is 4.98 Å². The highest BCUT2D eigenvalue weighted by Crippen LogP contribution is 2.58. The molecule has 1 spiro atoms. The van der Waals surface area contributed by atoms with Gasteiger partial charge in [-0.25, -0.2) is 13.4 Å². The summed E-state index contributed by atoms with van der Waals surface area (Å²) in [5, 5.41) is 15.2. The van der Waals surface area contributed by atoms with Gasteiger partial charge in [0, 0.05) is 25.8 Å². The lowest BCUT2D eigenvalue weighted by atomic mass is 9.79. The lowest BCUT2D eigenvalue weighted by Crippen LogP contribution is -2.42. The number of sulfonamides is 1. The first kappa shape index (κ1) is 23.8. The minimum atomic E-state index is -3.69. The first-order valence-electron chi connectivity index (χ1n) is 12.3. The van der Waals surface area contributed by atoms with E-state index in [2.05, 4.69) is 30.2 Å². The number of hydrogen-bond acceptors (Lipinski definition) is 8. The molecule has 1 aliphatic carbocycles. The van der Waals surface area contributed by atoms with Crippen LogP contribution in [0.3, 0.4) is 0 Å². The quantitative estimate of drug-likeness (QED) is 0.503. The Labute approximate surface area is 205 Å². The zero-order chi connectivity index (χ0) is 24.5. The largest absolute Gasteiger partial charge is 0.395 e. The second kappa shape index (κ2) is 9.62. The van der Waals surface area contributed by atoms with Gasteiger partial charge in [-0.1, -0.05) is 6.42 Å². The third-order valence-corrected chi connectivity index (χ3v) is 8.72. The maximum absolute atomic E-state index is 13.4. The van der Waals surface area contributed by atoms with Crippen molar-refractivity contribution in [2.45, 2.75) is 38.5 Å². The zero-order valence-electron chi connectivity index (χ0n) is 19.7. The molecule has 2 aromatic rings. The average Bonchev–Trinajstić information content (AvgIpc) is 3.59. The van der Waals surface area contributed by atoms with Crippen molar-refractivity contribution in [1.29, 1.82) is 0 Å². The number of aliphatic hydroxyl groups excluding tert-OH is 1. The Kier molecular flexibility index (Phi) is 6.54. The number of aromatic nitrogens is 2. The van der Waals surface area contributed by atoms with Crippen molar-refractivity contribution in [3.8, 4) is 0 Å². The van der Waals surface area contributed by atoms with E-state index in [1.54, 1.807) is 30.5 Å². The molecule has 2 fully saturated rings. The predicted octanol–water partition coefficient (Wildman–Crippen LogP) is 2.67. The third-order valence-electron chi connectivity index (χ3n) is 7.45. The van der Waals surface area contributed by atoms with Crippen LogP contribution in [0.1, 0.15) is 48.9 Å². The summed E-state index contributed by atoms with van der Waals surface area (Å²) in [4.78, 5) is 24.3. The molecule has 11 heteroatoms. The van der Waals surface area contributed by atoms with Crippen LogP contribution in [0.5, 0.6) is 0 Å². The van der Waals surface area contributed by atoms with E-state index in [-0.39, 0.29) is 11.7 Å². The van der Waals surface area contributed by atoms with E-state index in [4.69, 9.17) is 5.11 Å². The topological polar surface area (TPSA) is 137 Å². The van der Waals surface area contributed by atoms with Gasteiger partial charge in [0.15, 0.2) is 0 Å². The van der Waals surface area contributed by atoms with E-state index in [1.165, 1.54) is 12.8 Å². The van der Waals surface area contributed by atoms with Crippen LogP contribution in [0.25, 0.3) is 0 Å². The van der Waals surface area contributed by atoms with Gasteiger partial charge < -0.3 is 20.6 Å². The van der Waals surface area contributed by atoms with Gasteiger partial charge in [0.05, 0.1) is 29.3 Å². The molecule has 3 heterocycles. The summed E-state index contributed by atoms with van der Waals surface area (Å²) in [6.45, 7) is 1.98. The number of carbonyl (C=O) groups is 1. The predicted molar refractivity (Wildman–Crippen MR) is 135 cm³/mol. The molecule has 1 saturated carbocycles. The Morgan fingerprint density at radius 2 is 2.06 bits per heavy atom. The third kappa shape index (κ3) is 5.35. The summed E-state index contributed by atoms with van der Waals surface area (Å²) >= 11 is 0. The van der Waals surface area contributed by atoms with Crippen molar-refractivity contribution in [1.82, 2.24) is 9.97 Å². The summed E-state index contributed by atoms with van der Waals surface area (Å²) in [5.74, 6) is 0.710. The Morgan fingerprint density at radius 1 is 1.20 bits per heavy atom. The molecular formula is C24H32N6O4S. The number of anilines is 4. The van der Waals surface area contributed by atoms with Crippen molar-refractivity contribution in [2.24, 2.45) is 11.3 Å². The Bertz CT molecular complexity index is 1200. The van der Waals surface area contributed by atoms with Crippen LogP contribution in [0, 0.1) is 11.3 Å². The average molecular weight is 501 g/mol.